The molecular weight excluding hydrogens is 402 g/mol. The zero-order valence-electron chi connectivity index (χ0n) is 20.5. The van der Waals surface area contributed by atoms with Gasteiger partial charge in [-0.05, 0) is 101 Å². The molecule has 1 amide bonds. The van der Waals surface area contributed by atoms with Crippen molar-refractivity contribution in [3.8, 4) is 0 Å². The quantitative estimate of drug-likeness (QED) is 0.597. The molecule has 6 heteroatoms. The Bertz CT molecular complexity index is 767. The minimum absolute atomic E-state index is 0.0666. The molecule has 3 N–H and O–H groups in total. The molecule has 1 saturated heterocycles. The number of fused-ring (bicyclic) bond motifs is 1. The molecule has 4 rings (SSSR count). The number of nitrogens with one attached hydrogen (secondary N) is 2. The van der Waals surface area contributed by atoms with Gasteiger partial charge >= 0.3 is 0 Å². The molecule has 0 bridgehead atoms. The van der Waals surface area contributed by atoms with E-state index in [1.165, 1.54) is 12.8 Å². The molecule has 3 fully saturated rings. The summed E-state index contributed by atoms with van der Waals surface area (Å²) in [5.74, 6) is 1.29. The summed E-state index contributed by atoms with van der Waals surface area (Å²) in [5.41, 5.74) is -0.384. The van der Waals surface area contributed by atoms with Crippen LogP contribution in [-0.4, -0.2) is 53.7 Å². The van der Waals surface area contributed by atoms with Crippen LogP contribution in [0.3, 0.4) is 0 Å². The molecule has 2 heterocycles. The zero-order valence-corrected chi connectivity index (χ0v) is 20.5. The first kappa shape index (κ1) is 23.8. The van der Waals surface area contributed by atoms with E-state index in [0.29, 0.717) is 31.0 Å². The predicted octanol–water partition coefficient (Wildman–Crippen LogP) is 3.70. The number of hydrogen-bond acceptors (Lipinski definition) is 5. The molecule has 32 heavy (non-hydrogen) atoms. The highest BCUT2D eigenvalue weighted by Crippen LogP contribution is 2.64. The molecular formula is C26H43N3O3. The number of carbonyl (C=O) groups is 1. The van der Waals surface area contributed by atoms with Crippen molar-refractivity contribution in [2.45, 2.75) is 96.4 Å². The molecule has 0 radical (unpaired) electrons. The molecule has 0 unspecified atom stereocenters. The maximum absolute atomic E-state index is 12.8. The molecule has 6 nitrogen and oxygen atoms in total. The molecule has 3 aliphatic rings. The van der Waals surface area contributed by atoms with Crippen molar-refractivity contribution in [2.24, 2.45) is 16.7 Å². The summed E-state index contributed by atoms with van der Waals surface area (Å²) in [7, 11) is 2.21. The Kier molecular flexibility index (Phi) is 6.77. The van der Waals surface area contributed by atoms with E-state index in [9.17, 15) is 9.90 Å². The van der Waals surface area contributed by atoms with Gasteiger partial charge in [-0.15, -0.1) is 0 Å². The lowest BCUT2D eigenvalue weighted by molar-refractivity contribution is -0.123. The number of piperidine rings is 1. The van der Waals surface area contributed by atoms with Gasteiger partial charge in [-0.3, -0.25) is 4.79 Å². The first-order valence-corrected chi connectivity index (χ1v) is 12.6. The fourth-order valence-corrected chi connectivity index (χ4v) is 6.96. The fourth-order valence-electron chi connectivity index (χ4n) is 6.96. The monoisotopic (exact) mass is 445 g/mol. The molecule has 0 spiro atoms. The van der Waals surface area contributed by atoms with Gasteiger partial charge in [0.15, 0.2) is 0 Å². The van der Waals surface area contributed by atoms with E-state index in [-0.39, 0.29) is 16.7 Å². The normalized spacial score (nSPS) is 35.5. The van der Waals surface area contributed by atoms with Crippen LogP contribution in [0.1, 0.15) is 77.9 Å². The van der Waals surface area contributed by atoms with E-state index in [2.05, 4.69) is 36.4 Å². The highest BCUT2D eigenvalue weighted by Gasteiger charge is 2.61. The van der Waals surface area contributed by atoms with Crippen molar-refractivity contribution in [1.29, 1.82) is 0 Å². The minimum atomic E-state index is -0.602. The number of carbonyl (C=O) groups excluding carboxylic acids is 1. The van der Waals surface area contributed by atoms with Crippen LogP contribution in [0.2, 0.25) is 0 Å². The van der Waals surface area contributed by atoms with Crippen LogP contribution in [0.15, 0.2) is 22.8 Å². The van der Waals surface area contributed by atoms with Crippen molar-refractivity contribution in [2.75, 3.05) is 20.1 Å². The maximum Gasteiger partial charge on any atom is 0.220 e. The lowest BCUT2D eigenvalue weighted by atomic mass is 9.57. The Morgan fingerprint density at radius 3 is 2.66 bits per heavy atom. The van der Waals surface area contributed by atoms with Crippen LogP contribution in [0.4, 0.5) is 0 Å². The van der Waals surface area contributed by atoms with Crippen LogP contribution in [-0.2, 0) is 11.3 Å². The van der Waals surface area contributed by atoms with Gasteiger partial charge in [0.25, 0.3) is 0 Å². The molecule has 2 saturated carbocycles. The second-order valence-electron chi connectivity index (χ2n) is 11.8. The van der Waals surface area contributed by atoms with Crippen molar-refractivity contribution in [3.63, 3.8) is 0 Å². The van der Waals surface area contributed by atoms with E-state index in [4.69, 9.17) is 4.42 Å². The van der Waals surface area contributed by atoms with Crippen LogP contribution >= 0.6 is 0 Å². The number of amides is 1. The average Bonchev–Trinajstić information content (AvgIpc) is 3.32. The summed E-state index contributed by atoms with van der Waals surface area (Å²) in [6, 6.07) is 4.70. The first-order chi connectivity index (χ1) is 15.1. The van der Waals surface area contributed by atoms with Gasteiger partial charge in [0.2, 0.25) is 5.91 Å². The summed E-state index contributed by atoms with van der Waals surface area (Å²) in [4.78, 5) is 15.2. The van der Waals surface area contributed by atoms with Gasteiger partial charge < -0.3 is 25.1 Å². The summed E-state index contributed by atoms with van der Waals surface area (Å²) in [6.07, 6.45) is 9.19. The fraction of sp³-hybridized carbons (Fsp3) is 0.808. The van der Waals surface area contributed by atoms with E-state index < -0.39 is 5.60 Å². The molecule has 4 atom stereocenters. The Hall–Kier alpha value is -1.37. The Morgan fingerprint density at radius 1 is 1.22 bits per heavy atom. The SMILES string of the molecule is CN1CCC(N[C@H]2CC(C)(C)[C@@H]3C[C@@](C)(O)CC[C@]23CCC(=O)NCc2ccco2)CC1. The molecule has 0 aromatic carbocycles. The summed E-state index contributed by atoms with van der Waals surface area (Å²) in [6.45, 7) is 9.49. The summed E-state index contributed by atoms with van der Waals surface area (Å²) in [5, 5.41) is 18.1. The minimum Gasteiger partial charge on any atom is -0.467 e. The number of furan rings is 1. The lowest BCUT2D eigenvalue weighted by Crippen LogP contribution is -2.54. The number of hydrogen-bond donors (Lipinski definition) is 3. The van der Waals surface area contributed by atoms with E-state index >= 15 is 0 Å². The van der Waals surface area contributed by atoms with Crippen molar-refractivity contribution in [1.82, 2.24) is 15.5 Å². The van der Waals surface area contributed by atoms with Crippen molar-refractivity contribution < 1.29 is 14.3 Å². The van der Waals surface area contributed by atoms with Gasteiger partial charge in [-0.2, -0.15) is 0 Å². The van der Waals surface area contributed by atoms with Gasteiger partial charge in [-0.1, -0.05) is 13.8 Å². The van der Waals surface area contributed by atoms with Gasteiger partial charge in [0.05, 0.1) is 18.4 Å². The highest BCUT2D eigenvalue weighted by molar-refractivity contribution is 5.75. The van der Waals surface area contributed by atoms with Gasteiger partial charge in [0, 0.05) is 18.5 Å². The summed E-state index contributed by atoms with van der Waals surface area (Å²) < 4.78 is 5.35. The number of aliphatic hydroxyl groups is 1. The Morgan fingerprint density at radius 2 is 1.97 bits per heavy atom. The van der Waals surface area contributed by atoms with Crippen molar-refractivity contribution in [3.05, 3.63) is 24.2 Å². The smallest absolute Gasteiger partial charge is 0.220 e. The standard InChI is InChI=1S/C26H43N3O3/c1-24(2)17-22(28-19-8-13-29(4)14-9-19)26(12-11-25(3,31)16-21(24)26)10-7-23(30)27-18-20-6-5-15-32-20/h5-6,15,19,21-22,28,31H,7-14,16-18H2,1-4H3,(H,27,30)/t21-,22-,25-,26-/m0/s1. The third-order valence-electron chi connectivity index (χ3n) is 8.85. The summed E-state index contributed by atoms with van der Waals surface area (Å²) >= 11 is 0. The third kappa shape index (κ3) is 5.07. The molecule has 1 aromatic rings. The lowest BCUT2D eigenvalue weighted by Gasteiger charge is -2.51. The van der Waals surface area contributed by atoms with E-state index in [1.807, 2.05) is 19.1 Å². The Labute approximate surface area is 193 Å². The van der Waals surface area contributed by atoms with E-state index in [1.54, 1.807) is 6.26 Å². The van der Waals surface area contributed by atoms with Crippen LogP contribution in [0.25, 0.3) is 0 Å². The number of likely N-dealkylation sites (tertiary alicyclic amines) is 1. The predicted molar refractivity (Wildman–Crippen MR) is 126 cm³/mol. The van der Waals surface area contributed by atoms with Crippen LogP contribution in [0.5, 0.6) is 0 Å². The molecule has 180 valence electrons. The average molecular weight is 446 g/mol. The van der Waals surface area contributed by atoms with E-state index in [0.717, 1.165) is 51.0 Å². The molecule has 2 aliphatic carbocycles. The van der Waals surface area contributed by atoms with Gasteiger partial charge in [0.1, 0.15) is 5.76 Å². The Balaban J connectivity index is 1.48. The van der Waals surface area contributed by atoms with Crippen LogP contribution < -0.4 is 10.6 Å². The van der Waals surface area contributed by atoms with Gasteiger partial charge in [-0.25, -0.2) is 0 Å². The second kappa shape index (κ2) is 9.11. The third-order valence-corrected chi connectivity index (χ3v) is 8.85. The van der Waals surface area contributed by atoms with Crippen LogP contribution in [0, 0.1) is 16.7 Å². The maximum atomic E-state index is 12.8. The second-order valence-corrected chi connectivity index (χ2v) is 11.8. The molecule has 1 aromatic heterocycles. The zero-order chi connectivity index (χ0) is 23.0. The van der Waals surface area contributed by atoms with Crippen molar-refractivity contribution >= 4 is 5.91 Å². The largest absolute Gasteiger partial charge is 0.467 e. The highest BCUT2D eigenvalue weighted by atomic mass is 16.3. The first-order valence-electron chi connectivity index (χ1n) is 12.6. The molecule has 1 aliphatic heterocycles. The number of rotatable bonds is 7. The number of nitrogens with zero attached hydrogens (tertiary/aromatic N) is 1. The topological polar surface area (TPSA) is 77.7 Å².